The molecule has 2 aromatic carbocycles. The number of nitrogens with one attached hydrogen (secondary N) is 1. The molecule has 0 bridgehead atoms. The Hall–Kier alpha value is -3.76. The van der Waals surface area contributed by atoms with Crippen molar-refractivity contribution in [1.82, 2.24) is 10.2 Å². The second kappa shape index (κ2) is 12.4. The van der Waals surface area contributed by atoms with Crippen LogP contribution in [0.15, 0.2) is 48.5 Å². The Morgan fingerprint density at radius 1 is 0.974 bits per heavy atom. The lowest BCUT2D eigenvalue weighted by Gasteiger charge is -2.28. The number of benzene rings is 2. The summed E-state index contributed by atoms with van der Waals surface area (Å²) in [5.74, 6) is -1.50. The third-order valence-corrected chi connectivity index (χ3v) is 6.13. The predicted molar refractivity (Wildman–Crippen MR) is 137 cm³/mol. The normalized spacial score (nSPS) is 13.7. The number of hydrogen-bond acceptors (Lipinski definition) is 5. The van der Waals surface area contributed by atoms with Crippen molar-refractivity contribution in [3.63, 3.8) is 0 Å². The van der Waals surface area contributed by atoms with Crippen LogP contribution in [0, 0.1) is 0 Å². The maximum atomic E-state index is 12.9. The molecule has 212 valence electrons. The Morgan fingerprint density at radius 2 is 1.54 bits per heavy atom. The Bertz CT molecular complexity index is 1130. The number of aliphatic carboxylic acids is 1. The van der Waals surface area contributed by atoms with Crippen molar-refractivity contribution in [3.8, 4) is 11.1 Å². The summed E-state index contributed by atoms with van der Waals surface area (Å²) < 4.78 is 49.3. The van der Waals surface area contributed by atoms with Gasteiger partial charge in [-0.15, -0.1) is 0 Å². The molecule has 0 radical (unpaired) electrons. The molecule has 0 saturated carbocycles. The van der Waals surface area contributed by atoms with Gasteiger partial charge < -0.3 is 19.9 Å². The molecule has 0 aliphatic heterocycles. The maximum absolute atomic E-state index is 12.9. The van der Waals surface area contributed by atoms with Crippen LogP contribution in [0.25, 0.3) is 11.1 Å². The van der Waals surface area contributed by atoms with Gasteiger partial charge in [0.25, 0.3) is 0 Å². The molecule has 0 heterocycles. The second-order valence-electron chi connectivity index (χ2n) is 10.4. The molecule has 3 rings (SSSR count). The lowest BCUT2D eigenvalue weighted by molar-refractivity contribution is -0.144. The zero-order valence-corrected chi connectivity index (χ0v) is 22.1. The van der Waals surface area contributed by atoms with Crippen LogP contribution in [0.1, 0.15) is 57.1 Å². The number of rotatable bonds is 10. The summed E-state index contributed by atoms with van der Waals surface area (Å²) >= 11 is 0. The highest BCUT2D eigenvalue weighted by atomic mass is 19.4. The number of alkyl halides is 3. The first-order valence-corrected chi connectivity index (χ1v) is 12.6. The van der Waals surface area contributed by atoms with Crippen molar-refractivity contribution in [2.45, 2.75) is 63.8 Å². The first-order valence-electron chi connectivity index (χ1n) is 12.6. The third-order valence-electron chi connectivity index (χ3n) is 6.13. The molecule has 0 saturated heterocycles. The summed E-state index contributed by atoms with van der Waals surface area (Å²) in [4.78, 5) is 36.9. The Labute approximate surface area is 225 Å². The van der Waals surface area contributed by atoms with Crippen molar-refractivity contribution in [1.29, 1.82) is 0 Å². The van der Waals surface area contributed by atoms with Crippen LogP contribution in [-0.4, -0.2) is 65.7 Å². The van der Waals surface area contributed by atoms with E-state index in [4.69, 9.17) is 9.47 Å². The summed E-state index contributed by atoms with van der Waals surface area (Å²) in [5, 5.41) is 11.9. The quantitative estimate of drug-likeness (QED) is 0.355. The average molecular weight is 551 g/mol. The van der Waals surface area contributed by atoms with Gasteiger partial charge in [0.1, 0.15) is 24.8 Å². The molecule has 2 amide bonds. The fraction of sp³-hybridized carbons (Fsp3) is 0.464. The van der Waals surface area contributed by atoms with Crippen LogP contribution in [0.3, 0.4) is 0 Å². The van der Waals surface area contributed by atoms with E-state index in [1.807, 2.05) is 48.5 Å². The Morgan fingerprint density at radius 3 is 2.05 bits per heavy atom. The van der Waals surface area contributed by atoms with E-state index in [-0.39, 0.29) is 38.3 Å². The summed E-state index contributed by atoms with van der Waals surface area (Å²) in [6.45, 7) is 2.87. The molecule has 1 aliphatic carbocycles. The van der Waals surface area contributed by atoms with Crippen LogP contribution in [0.4, 0.5) is 22.8 Å². The highest BCUT2D eigenvalue weighted by Gasteiger charge is 2.35. The number of nitrogens with zero attached hydrogens (tertiary/aromatic N) is 1. The van der Waals surface area contributed by atoms with Crippen LogP contribution in [-0.2, 0) is 14.3 Å². The standard InChI is InChI=1S/C28H33F3N2O6/c1-27(2,3)39-26(37)33(17-28(29,30)31)15-9-8-14-23(24(34)35)32-25(36)38-16-22-20-12-6-4-10-18(20)19-11-5-7-13-21(19)22/h4-7,10-13,22-23H,8-9,14-17H2,1-3H3,(H,32,36)(H,34,35)/t23-/m0/s1. The van der Waals surface area contributed by atoms with Gasteiger partial charge in [0.15, 0.2) is 0 Å². The summed E-state index contributed by atoms with van der Waals surface area (Å²) in [6, 6.07) is 14.3. The Balaban J connectivity index is 1.52. The topological polar surface area (TPSA) is 105 Å². The number of fused-ring (bicyclic) bond motifs is 3. The molecule has 1 atom stereocenters. The van der Waals surface area contributed by atoms with Gasteiger partial charge in [0.2, 0.25) is 0 Å². The van der Waals surface area contributed by atoms with Gasteiger partial charge in [-0.3, -0.25) is 4.90 Å². The zero-order chi connectivity index (χ0) is 28.8. The van der Waals surface area contributed by atoms with Crippen LogP contribution in [0.5, 0.6) is 0 Å². The Kier molecular flexibility index (Phi) is 9.47. The fourth-order valence-corrected chi connectivity index (χ4v) is 4.47. The minimum Gasteiger partial charge on any atom is -0.480 e. The van der Waals surface area contributed by atoms with E-state index in [9.17, 15) is 32.7 Å². The molecular formula is C28H33F3N2O6. The fourth-order valence-electron chi connectivity index (χ4n) is 4.47. The number of alkyl carbamates (subject to hydrolysis) is 1. The van der Waals surface area contributed by atoms with E-state index < -0.39 is 42.5 Å². The second-order valence-corrected chi connectivity index (χ2v) is 10.4. The van der Waals surface area contributed by atoms with E-state index in [1.54, 1.807) is 20.8 Å². The molecule has 39 heavy (non-hydrogen) atoms. The van der Waals surface area contributed by atoms with E-state index >= 15 is 0 Å². The molecule has 2 N–H and O–H groups in total. The summed E-state index contributed by atoms with van der Waals surface area (Å²) in [5.41, 5.74) is 3.15. The highest BCUT2D eigenvalue weighted by molar-refractivity contribution is 5.81. The van der Waals surface area contributed by atoms with E-state index in [0.717, 1.165) is 22.3 Å². The van der Waals surface area contributed by atoms with Gasteiger partial charge in [-0.1, -0.05) is 48.5 Å². The van der Waals surface area contributed by atoms with Crippen LogP contribution in [0.2, 0.25) is 0 Å². The molecule has 0 unspecified atom stereocenters. The molecule has 8 nitrogen and oxygen atoms in total. The molecular weight excluding hydrogens is 517 g/mol. The van der Waals surface area contributed by atoms with Crippen LogP contribution >= 0.6 is 0 Å². The average Bonchev–Trinajstić information content (AvgIpc) is 3.15. The summed E-state index contributed by atoms with van der Waals surface area (Å²) in [6.07, 6.45) is -6.48. The molecule has 0 aromatic heterocycles. The number of unbranched alkanes of at least 4 members (excludes halogenated alkanes) is 1. The smallest absolute Gasteiger partial charge is 0.410 e. The highest BCUT2D eigenvalue weighted by Crippen LogP contribution is 2.44. The minimum atomic E-state index is -4.62. The molecule has 0 fully saturated rings. The molecule has 0 spiro atoms. The van der Waals surface area contributed by atoms with E-state index in [1.165, 1.54) is 0 Å². The van der Waals surface area contributed by atoms with Crippen molar-refractivity contribution >= 4 is 18.2 Å². The lowest BCUT2D eigenvalue weighted by Crippen LogP contribution is -2.43. The molecule has 2 aromatic rings. The monoisotopic (exact) mass is 550 g/mol. The minimum absolute atomic E-state index is 0.00842. The van der Waals surface area contributed by atoms with Gasteiger partial charge in [-0.25, -0.2) is 14.4 Å². The van der Waals surface area contributed by atoms with E-state index in [0.29, 0.717) is 4.90 Å². The SMILES string of the molecule is CC(C)(C)OC(=O)N(CCCC[C@H](NC(=O)OCC1c2ccccc2-c2ccccc21)C(=O)O)CC(F)(F)F. The van der Waals surface area contributed by atoms with Crippen LogP contribution < -0.4 is 5.32 Å². The lowest BCUT2D eigenvalue weighted by atomic mass is 9.98. The van der Waals surface area contributed by atoms with Gasteiger partial charge in [-0.05, 0) is 62.3 Å². The largest absolute Gasteiger partial charge is 0.480 e. The number of carboxylic acid groups (broad SMARTS) is 1. The number of carbonyl (C=O) groups is 3. The first-order chi connectivity index (χ1) is 18.2. The van der Waals surface area contributed by atoms with Gasteiger partial charge in [0, 0.05) is 12.5 Å². The number of hydrogen-bond donors (Lipinski definition) is 2. The van der Waals surface area contributed by atoms with Gasteiger partial charge in [0.05, 0.1) is 0 Å². The predicted octanol–water partition coefficient (Wildman–Crippen LogP) is 5.95. The maximum Gasteiger partial charge on any atom is 0.410 e. The van der Waals surface area contributed by atoms with Crippen molar-refractivity contribution in [3.05, 3.63) is 59.7 Å². The van der Waals surface area contributed by atoms with Crippen molar-refractivity contribution < 1.29 is 42.1 Å². The van der Waals surface area contributed by atoms with E-state index in [2.05, 4.69) is 5.32 Å². The van der Waals surface area contributed by atoms with Gasteiger partial charge >= 0.3 is 24.3 Å². The zero-order valence-electron chi connectivity index (χ0n) is 22.1. The van der Waals surface area contributed by atoms with Crippen molar-refractivity contribution in [2.75, 3.05) is 19.7 Å². The van der Waals surface area contributed by atoms with Crippen molar-refractivity contribution in [2.24, 2.45) is 0 Å². The summed E-state index contributed by atoms with van der Waals surface area (Å²) in [7, 11) is 0. The molecule has 11 heteroatoms. The third kappa shape index (κ3) is 8.62. The number of carbonyl (C=O) groups excluding carboxylic acids is 2. The molecule has 1 aliphatic rings. The number of amides is 2. The first kappa shape index (κ1) is 29.8. The number of ether oxygens (including phenoxy) is 2. The number of halogens is 3. The van der Waals surface area contributed by atoms with Gasteiger partial charge in [-0.2, -0.15) is 13.2 Å². The number of carboxylic acids is 1.